The minimum absolute atomic E-state index is 0.110. The van der Waals surface area contributed by atoms with E-state index >= 15 is 0 Å². The van der Waals surface area contributed by atoms with Gasteiger partial charge in [0.15, 0.2) is 0 Å². The summed E-state index contributed by atoms with van der Waals surface area (Å²) in [5.41, 5.74) is 1.27. The van der Waals surface area contributed by atoms with Crippen molar-refractivity contribution < 1.29 is 14.3 Å². The molecule has 21 heavy (non-hydrogen) atoms. The first-order valence-corrected chi connectivity index (χ1v) is 6.00. The van der Waals surface area contributed by atoms with Gasteiger partial charge in [-0.3, -0.25) is 10.1 Å². The molecule has 0 spiro atoms. The number of hydrogen-bond donors (Lipinski definition) is 1. The van der Waals surface area contributed by atoms with Crippen molar-refractivity contribution in [1.82, 2.24) is 10.3 Å². The van der Waals surface area contributed by atoms with Crippen molar-refractivity contribution in [1.29, 1.82) is 0 Å². The maximum Gasteiger partial charge on any atom is 0.323 e. The molecule has 0 bridgehead atoms. The average Bonchev–Trinajstić information content (AvgIpc) is 2.95. The Morgan fingerprint density at radius 2 is 1.95 bits per heavy atom. The number of fused-ring (bicyclic) bond motifs is 1. The minimum Gasteiger partial charge on any atom is -0.497 e. The lowest BCUT2D eigenvalue weighted by molar-refractivity contribution is -0.382. The molecule has 0 aliphatic rings. The molecular formula is C13H10N4O4. The highest BCUT2D eigenvalue weighted by molar-refractivity contribution is 5.91. The molecule has 0 aliphatic carbocycles. The Kier molecular flexibility index (Phi) is 3.11. The summed E-state index contributed by atoms with van der Waals surface area (Å²) in [6, 6.07) is 10.2. The minimum atomic E-state index is -0.515. The molecule has 8 nitrogen and oxygen atoms in total. The molecular weight excluding hydrogens is 276 g/mol. The number of nitrogens with one attached hydrogen (secondary N) is 1. The Labute approximate surface area is 118 Å². The Bertz CT molecular complexity index is 798. The molecule has 0 saturated heterocycles. The van der Waals surface area contributed by atoms with Gasteiger partial charge in [0.05, 0.1) is 12.0 Å². The number of ether oxygens (including phenoxy) is 1. The zero-order valence-corrected chi connectivity index (χ0v) is 10.9. The van der Waals surface area contributed by atoms with Crippen molar-refractivity contribution in [2.45, 2.75) is 0 Å². The van der Waals surface area contributed by atoms with Crippen molar-refractivity contribution in [2.75, 3.05) is 12.4 Å². The first-order valence-electron chi connectivity index (χ1n) is 6.00. The van der Waals surface area contributed by atoms with Gasteiger partial charge in [0.25, 0.3) is 0 Å². The summed E-state index contributed by atoms with van der Waals surface area (Å²) in [4.78, 5) is 10.7. The maximum atomic E-state index is 11.3. The van der Waals surface area contributed by atoms with E-state index in [9.17, 15) is 10.1 Å². The molecule has 2 aromatic carbocycles. The number of nitro benzene ring substituents is 1. The Morgan fingerprint density at radius 1 is 1.19 bits per heavy atom. The van der Waals surface area contributed by atoms with Crippen molar-refractivity contribution in [3.05, 3.63) is 46.5 Å². The van der Waals surface area contributed by atoms with E-state index in [1.54, 1.807) is 43.5 Å². The third-order valence-corrected chi connectivity index (χ3v) is 2.95. The summed E-state index contributed by atoms with van der Waals surface area (Å²) < 4.78 is 9.60. The van der Waals surface area contributed by atoms with E-state index in [1.807, 2.05) is 0 Å². The van der Waals surface area contributed by atoms with Gasteiger partial charge >= 0.3 is 5.69 Å². The van der Waals surface area contributed by atoms with Crippen LogP contribution in [0.4, 0.5) is 17.1 Å². The molecule has 0 radical (unpaired) electrons. The molecule has 0 unspecified atom stereocenters. The molecule has 1 heterocycles. The quantitative estimate of drug-likeness (QED) is 0.580. The predicted molar refractivity (Wildman–Crippen MR) is 74.7 cm³/mol. The van der Waals surface area contributed by atoms with Crippen LogP contribution in [0.1, 0.15) is 0 Å². The van der Waals surface area contributed by atoms with Crippen LogP contribution >= 0.6 is 0 Å². The van der Waals surface area contributed by atoms with Crippen molar-refractivity contribution in [3.63, 3.8) is 0 Å². The average molecular weight is 286 g/mol. The summed E-state index contributed by atoms with van der Waals surface area (Å²) in [6.45, 7) is 0. The fourth-order valence-corrected chi connectivity index (χ4v) is 1.95. The van der Waals surface area contributed by atoms with Crippen LogP contribution in [-0.2, 0) is 0 Å². The van der Waals surface area contributed by atoms with Crippen molar-refractivity contribution in [3.8, 4) is 5.75 Å². The van der Waals surface area contributed by atoms with Gasteiger partial charge in [-0.25, -0.2) is 4.63 Å². The monoisotopic (exact) mass is 286 g/mol. The van der Waals surface area contributed by atoms with Gasteiger partial charge < -0.3 is 10.1 Å². The molecule has 3 aromatic rings. The molecule has 0 aliphatic heterocycles. The van der Waals surface area contributed by atoms with Crippen LogP contribution in [0.3, 0.4) is 0 Å². The second-order valence-electron chi connectivity index (χ2n) is 4.20. The topological polar surface area (TPSA) is 103 Å². The zero-order valence-electron chi connectivity index (χ0n) is 10.9. The van der Waals surface area contributed by atoms with Crippen molar-refractivity contribution >= 4 is 28.1 Å². The van der Waals surface area contributed by atoms with Crippen molar-refractivity contribution in [2.24, 2.45) is 0 Å². The van der Waals surface area contributed by atoms with Gasteiger partial charge in [-0.05, 0) is 46.7 Å². The van der Waals surface area contributed by atoms with Crippen LogP contribution in [0, 0.1) is 10.1 Å². The molecule has 0 amide bonds. The van der Waals surface area contributed by atoms with Gasteiger partial charge in [0, 0.05) is 5.69 Å². The van der Waals surface area contributed by atoms with Crippen LogP contribution in [0.25, 0.3) is 11.0 Å². The molecule has 0 saturated carbocycles. The van der Waals surface area contributed by atoms with E-state index < -0.39 is 4.92 Å². The van der Waals surface area contributed by atoms with E-state index in [0.29, 0.717) is 22.6 Å². The summed E-state index contributed by atoms with van der Waals surface area (Å²) in [5, 5.41) is 21.4. The number of rotatable bonds is 4. The third kappa shape index (κ3) is 2.34. The second kappa shape index (κ2) is 5.08. The lowest BCUT2D eigenvalue weighted by atomic mass is 10.2. The summed E-state index contributed by atoms with van der Waals surface area (Å²) in [5.74, 6) is 0.700. The van der Waals surface area contributed by atoms with Crippen LogP contribution in [0.2, 0.25) is 0 Å². The summed E-state index contributed by atoms with van der Waals surface area (Å²) in [7, 11) is 1.57. The molecule has 3 rings (SSSR count). The Hall–Kier alpha value is -3.16. The van der Waals surface area contributed by atoms with E-state index in [0.717, 1.165) is 0 Å². The van der Waals surface area contributed by atoms with Crippen LogP contribution < -0.4 is 10.1 Å². The standard InChI is InChI=1S/C13H10N4O4/c1-20-9-4-2-8(3-5-9)14-11-7-6-10-12(16-21-15-10)13(11)17(18)19/h2-7,14H,1H3. The number of anilines is 2. The number of nitro groups is 1. The van der Waals surface area contributed by atoms with Gasteiger partial charge in [0.1, 0.15) is 17.0 Å². The maximum absolute atomic E-state index is 11.3. The highest BCUT2D eigenvalue weighted by atomic mass is 16.6. The first-order chi connectivity index (χ1) is 10.2. The fraction of sp³-hybridized carbons (Fsp3) is 0.0769. The summed E-state index contributed by atoms with van der Waals surface area (Å²) in [6.07, 6.45) is 0. The molecule has 8 heteroatoms. The zero-order chi connectivity index (χ0) is 14.8. The third-order valence-electron chi connectivity index (χ3n) is 2.95. The fourth-order valence-electron chi connectivity index (χ4n) is 1.95. The number of nitrogens with zero attached hydrogens (tertiary/aromatic N) is 3. The first kappa shape index (κ1) is 12.9. The largest absolute Gasteiger partial charge is 0.497 e. The Balaban J connectivity index is 2.02. The molecule has 0 atom stereocenters. The lowest BCUT2D eigenvalue weighted by Gasteiger charge is -2.07. The van der Waals surface area contributed by atoms with Gasteiger partial charge in [-0.1, -0.05) is 0 Å². The van der Waals surface area contributed by atoms with Crippen LogP contribution in [0.15, 0.2) is 41.0 Å². The van der Waals surface area contributed by atoms with Crippen LogP contribution in [-0.4, -0.2) is 22.3 Å². The smallest absolute Gasteiger partial charge is 0.323 e. The lowest BCUT2D eigenvalue weighted by Crippen LogP contribution is -1.98. The predicted octanol–water partition coefficient (Wildman–Crippen LogP) is 2.88. The van der Waals surface area contributed by atoms with Gasteiger partial charge in [-0.15, -0.1) is 0 Å². The van der Waals surface area contributed by atoms with Gasteiger partial charge in [-0.2, -0.15) is 0 Å². The van der Waals surface area contributed by atoms with E-state index in [-0.39, 0.29) is 11.2 Å². The summed E-state index contributed by atoms with van der Waals surface area (Å²) >= 11 is 0. The van der Waals surface area contributed by atoms with Gasteiger partial charge in [0.2, 0.25) is 5.52 Å². The van der Waals surface area contributed by atoms with E-state index in [2.05, 4.69) is 20.3 Å². The van der Waals surface area contributed by atoms with E-state index in [1.165, 1.54) is 0 Å². The number of methoxy groups -OCH3 is 1. The number of hydrogen-bond acceptors (Lipinski definition) is 7. The Morgan fingerprint density at radius 3 is 2.62 bits per heavy atom. The second-order valence-corrected chi connectivity index (χ2v) is 4.20. The number of aromatic nitrogens is 2. The SMILES string of the molecule is COc1ccc(Nc2ccc3nonc3c2[N+](=O)[O-])cc1. The molecule has 106 valence electrons. The molecule has 1 aromatic heterocycles. The normalized spacial score (nSPS) is 10.5. The highest BCUT2D eigenvalue weighted by Crippen LogP contribution is 2.33. The van der Waals surface area contributed by atoms with Crippen LogP contribution in [0.5, 0.6) is 5.75 Å². The molecule has 0 fully saturated rings. The van der Waals surface area contributed by atoms with E-state index in [4.69, 9.17) is 4.74 Å². The number of benzene rings is 2. The highest BCUT2D eigenvalue weighted by Gasteiger charge is 2.22. The molecule has 1 N–H and O–H groups in total.